The molecule has 3 N–H and O–H groups in total. The van der Waals surface area contributed by atoms with Gasteiger partial charge >= 0.3 is 0 Å². The first kappa shape index (κ1) is 21.7. The van der Waals surface area contributed by atoms with Crippen LogP contribution in [0.1, 0.15) is 25.0 Å². The number of para-hydroxylation sites is 1. The number of benzene rings is 3. The molecule has 0 bridgehead atoms. The number of carbonyl (C=O) groups excluding carboxylic acids is 1. The van der Waals surface area contributed by atoms with Crippen LogP contribution in [0.4, 0.5) is 10.1 Å². The van der Waals surface area contributed by atoms with E-state index in [1.54, 1.807) is 68.4 Å². The number of anilines is 1. The van der Waals surface area contributed by atoms with Crippen LogP contribution in [0.15, 0.2) is 84.9 Å². The highest BCUT2D eigenvalue weighted by molar-refractivity contribution is 6.02. The number of nitrogens with one attached hydrogen (secondary N) is 1. The molecular weight excluding hydrogens is 425 g/mol. The number of amides is 1. The van der Waals surface area contributed by atoms with Gasteiger partial charge < -0.3 is 25.0 Å². The summed E-state index contributed by atoms with van der Waals surface area (Å²) in [6.07, 6.45) is 0. The van der Waals surface area contributed by atoms with E-state index in [4.69, 9.17) is 9.47 Å². The number of fused-ring (bicyclic) bond motifs is 1. The molecule has 170 valence electrons. The lowest BCUT2D eigenvalue weighted by atomic mass is 9.74. The molecule has 2 aliphatic heterocycles. The minimum atomic E-state index is -2.28. The zero-order chi connectivity index (χ0) is 23.5. The molecule has 3 aromatic carbocycles. The fourth-order valence-corrected chi connectivity index (χ4v) is 4.91. The number of halogens is 1. The van der Waals surface area contributed by atoms with E-state index in [2.05, 4.69) is 5.32 Å². The monoisotopic (exact) mass is 449 g/mol. The predicted molar refractivity (Wildman–Crippen MR) is 118 cm³/mol. The smallest absolute Gasteiger partial charge is 0.266 e. The van der Waals surface area contributed by atoms with Crippen LogP contribution in [0.5, 0.6) is 0 Å². The molecule has 33 heavy (non-hydrogen) atoms. The third-order valence-corrected chi connectivity index (χ3v) is 6.60. The number of hydrogen-bond acceptors (Lipinski definition) is 5. The second-order valence-electron chi connectivity index (χ2n) is 8.75. The average Bonchev–Trinajstić information content (AvgIpc) is 3.50. The highest BCUT2D eigenvalue weighted by atomic mass is 19.1. The molecule has 0 aromatic heterocycles. The van der Waals surface area contributed by atoms with E-state index in [9.17, 15) is 19.4 Å². The minimum Gasteiger partial charge on any atom is -0.362 e. The Labute approximate surface area is 190 Å². The Hall–Kier alpha value is -3.10. The SMILES string of the molecule is CC(C)[C@]1(O)O[C@](O)(c2ccc(F)cc2)[C@@]2(c3ccccc3)O[C@@]21C(=O)Nc1ccccc1. The molecule has 1 amide bonds. The fraction of sp³-hybridized carbons (Fsp3) is 0.269. The van der Waals surface area contributed by atoms with E-state index in [0.29, 0.717) is 11.3 Å². The summed E-state index contributed by atoms with van der Waals surface area (Å²) in [7, 11) is 0. The summed E-state index contributed by atoms with van der Waals surface area (Å²) in [5, 5.41) is 26.6. The Morgan fingerprint density at radius 3 is 2.00 bits per heavy atom. The van der Waals surface area contributed by atoms with Gasteiger partial charge in [0.2, 0.25) is 17.2 Å². The highest BCUT2D eigenvalue weighted by Crippen LogP contribution is 2.76. The van der Waals surface area contributed by atoms with Gasteiger partial charge in [-0.15, -0.1) is 0 Å². The quantitative estimate of drug-likeness (QED) is 0.518. The molecule has 0 aliphatic carbocycles. The number of hydrogen-bond donors (Lipinski definition) is 3. The van der Waals surface area contributed by atoms with E-state index in [1.807, 2.05) is 6.07 Å². The molecule has 0 spiro atoms. The summed E-state index contributed by atoms with van der Waals surface area (Å²) < 4.78 is 25.9. The van der Waals surface area contributed by atoms with Crippen molar-refractivity contribution in [3.8, 4) is 0 Å². The molecular formula is C26H24FNO5. The number of carbonyl (C=O) groups is 1. The maximum atomic E-state index is 13.8. The van der Waals surface area contributed by atoms with E-state index in [-0.39, 0.29) is 5.56 Å². The van der Waals surface area contributed by atoms with Gasteiger partial charge in [-0.25, -0.2) is 4.39 Å². The fourth-order valence-electron chi connectivity index (χ4n) is 4.91. The van der Waals surface area contributed by atoms with Gasteiger partial charge in [-0.1, -0.05) is 74.5 Å². The van der Waals surface area contributed by atoms with Gasteiger partial charge in [-0.05, 0) is 29.8 Å². The van der Waals surface area contributed by atoms with Crippen molar-refractivity contribution in [3.05, 3.63) is 102 Å². The van der Waals surface area contributed by atoms with Crippen LogP contribution in [0.3, 0.4) is 0 Å². The van der Waals surface area contributed by atoms with Crippen molar-refractivity contribution < 1.29 is 28.9 Å². The van der Waals surface area contributed by atoms with E-state index in [1.165, 1.54) is 24.3 Å². The lowest BCUT2D eigenvalue weighted by molar-refractivity contribution is -0.366. The van der Waals surface area contributed by atoms with Crippen molar-refractivity contribution in [2.24, 2.45) is 5.92 Å². The number of ether oxygens (including phenoxy) is 2. The van der Waals surface area contributed by atoms with Gasteiger partial charge in [0, 0.05) is 17.2 Å². The third kappa shape index (κ3) is 2.71. The molecule has 3 aromatic rings. The van der Waals surface area contributed by atoms with Crippen molar-refractivity contribution in [1.82, 2.24) is 0 Å². The summed E-state index contributed by atoms with van der Waals surface area (Å²) in [6.45, 7) is 3.34. The lowest BCUT2D eigenvalue weighted by Crippen LogP contribution is -2.56. The van der Waals surface area contributed by atoms with Gasteiger partial charge in [-0.2, -0.15) is 0 Å². The molecule has 2 heterocycles. The first-order valence-corrected chi connectivity index (χ1v) is 10.7. The maximum Gasteiger partial charge on any atom is 0.266 e. The normalized spacial score (nSPS) is 32.4. The lowest BCUT2D eigenvalue weighted by Gasteiger charge is -2.37. The molecule has 7 heteroatoms. The summed E-state index contributed by atoms with van der Waals surface area (Å²) in [6, 6.07) is 22.5. The minimum absolute atomic E-state index is 0.152. The molecule has 0 unspecified atom stereocenters. The van der Waals surface area contributed by atoms with Crippen LogP contribution in [0.2, 0.25) is 0 Å². The summed E-state index contributed by atoms with van der Waals surface area (Å²) in [5.74, 6) is -6.30. The van der Waals surface area contributed by atoms with Crippen LogP contribution in [-0.2, 0) is 25.7 Å². The molecule has 2 saturated heterocycles. The van der Waals surface area contributed by atoms with Crippen LogP contribution >= 0.6 is 0 Å². The molecule has 4 atom stereocenters. The maximum absolute atomic E-state index is 13.8. The first-order valence-electron chi connectivity index (χ1n) is 10.7. The van der Waals surface area contributed by atoms with Crippen molar-refractivity contribution in [2.75, 3.05) is 5.32 Å². The summed E-state index contributed by atoms with van der Waals surface area (Å²) in [4.78, 5) is 13.8. The van der Waals surface area contributed by atoms with Crippen molar-refractivity contribution >= 4 is 11.6 Å². The zero-order valence-electron chi connectivity index (χ0n) is 18.2. The van der Waals surface area contributed by atoms with Gasteiger partial charge in [0.1, 0.15) is 5.82 Å². The number of rotatable bonds is 5. The second kappa shape index (κ2) is 7.20. The van der Waals surface area contributed by atoms with Crippen LogP contribution < -0.4 is 5.32 Å². The zero-order valence-corrected chi connectivity index (χ0v) is 18.2. The van der Waals surface area contributed by atoms with Gasteiger partial charge in [0.05, 0.1) is 0 Å². The van der Waals surface area contributed by atoms with Crippen LogP contribution in [0.25, 0.3) is 0 Å². The standard InChI is InChI=1S/C26H24FNO5/c1-17(2)25(30)24(22(29)28-21-11-7-4-8-12-21)23(32-24,18-9-5-3-6-10-18)26(31,33-25)19-13-15-20(27)16-14-19/h3-17,30-31H,1-2H3,(H,28,29)/t23-,24-,25-,26+/m0/s1. The van der Waals surface area contributed by atoms with E-state index in [0.717, 1.165) is 0 Å². The molecule has 2 fully saturated rings. The Morgan fingerprint density at radius 2 is 1.42 bits per heavy atom. The number of epoxide rings is 1. The molecule has 0 saturated carbocycles. The molecule has 5 rings (SSSR count). The van der Waals surface area contributed by atoms with Gasteiger partial charge in [0.15, 0.2) is 5.60 Å². The van der Waals surface area contributed by atoms with Gasteiger partial charge in [0.25, 0.3) is 5.91 Å². The van der Waals surface area contributed by atoms with E-state index < -0.39 is 40.4 Å². The Bertz CT molecular complexity index is 1190. The van der Waals surface area contributed by atoms with E-state index >= 15 is 0 Å². The highest BCUT2D eigenvalue weighted by Gasteiger charge is 2.97. The summed E-state index contributed by atoms with van der Waals surface area (Å²) >= 11 is 0. The van der Waals surface area contributed by atoms with Crippen molar-refractivity contribution in [3.63, 3.8) is 0 Å². The molecule has 0 radical (unpaired) electrons. The number of aliphatic hydroxyl groups is 2. The van der Waals surface area contributed by atoms with Crippen molar-refractivity contribution in [2.45, 2.75) is 36.6 Å². The third-order valence-electron chi connectivity index (χ3n) is 6.60. The van der Waals surface area contributed by atoms with Crippen LogP contribution in [0, 0.1) is 11.7 Å². The van der Waals surface area contributed by atoms with Crippen LogP contribution in [-0.4, -0.2) is 27.5 Å². The van der Waals surface area contributed by atoms with Gasteiger partial charge in [-0.3, -0.25) is 4.79 Å². The van der Waals surface area contributed by atoms with Crippen molar-refractivity contribution in [1.29, 1.82) is 0 Å². The first-order chi connectivity index (χ1) is 15.7. The Morgan fingerprint density at radius 1 is 0.848 bits per heavy atom. The molecule has 6 nitrogen and oxygen atoms in total. The summed E-state index contributed by atoms with van der Waals surface area (Å²) in [5.41, 5.74) is -2.67. The second-order valence-corrected chi connectivity index (χ2v) is 8.75. The Balaban J connectivity index is 1.73. The molecule has 2 aliphatic rings. The predicted octanol–water partition coefficient (Wildman–Crippen LogP) is 3.65. The largest absolute Gasteiger partial charge is 0.362 e. The average molecular weight is 449 g/mol. The topological polar surface area (TPSA) is 91.3 Å². The Kier molecular flexibility index (Phi) is 4.74.